The minimum absolute atomic E-state index is 0.229. The molecule has 110 valence electrons. The lowest BCUT2D eigenvalue weighted by Crippen LogP contribution is -2.34. The van der Waals surface area contributed by atoms with Crippen molar-refractivity contribution >= 4 is 11.7 Å². The van der Waals surface area contributed by atoms with Crippen LogP contribution >= 0.6 is 0 Å². The highest BCUT2D eigenvalue weighted by Gasteiger charge is 2.23. The molecular weight excluding hydrogens is 270 g/mol. The van der Waals surface area contributed by atoms with E-state index in [-0.39, 0.29) is 5.56 Å². The Kier molecular flexibility index (Phi) is 3.77. The van der Waals surface area contributed by atoms with Crippen LogP contribution in [0.4, 0.5) is 5.69 Å². The molecule has 1 aliphatic rings. The van der Waals surface area contributed by atoms with Gasteiger partial charge in [0, 0.05) is 25.5 Å². The molecule has 0 saturated heterocycles. The van der Waals surface area contributed by atoms with E-state index in [1.165, 1.54) is 0 Å². The number of ether oxygens (including phenoxy) is 1. The van der Waals surface area contributed by atoms with Crippen LogP contribution in [-0.2, 0) is 6.54 Å². The number of benzene rings is 1. The number of nitrogens with zero attached hydrogens (tertiary/aromatic N) is 3. The molecule has 2 heterocycles. The summed E-state index contributed by atoms with van der Waals surface area (Å²) in [6, 6.07) is 5.26. The lowest BCUT2D eigenvalue weighted by molar-refractivity contribution is 0.0692. The third-order valence-electron chi connectivity index (χ3n) is 3.58. The van der Waals surface area contributed by atoms with E-state index in [0.29, 0.717) is 12.4 Å². The van der Waals surface area contributed by atoms with E-state index in [1.54, 1.807) is 24.7 Å². The van der Waals surface area contributed by atoms with Gasteiger partial charge in [-0.25, -0.2) is 9.78 Å². The topological polar surface area (TPSA) is 67.6 Å². The molecule has 1 aromatic heterocycles. The number of para-hydroxylation sites is 1. The Balaban J connectivity index is 1.71. The first-order valence-corrected chi connectivity index (χ1v) is 6.95. The van der Waals surface area contributed by atoms with Gasteiger partial charge in [-0.3, -0.25) is 0 Å². The van der Waals surface area contributed by atoms with Gasteiger partial charge in [-0.15, -0.1) is 0 Å². The van der Waals surface area contributed by atoms with Crippen LogP contribution in [0, 0.1) is 0 Å². The van der Waals surface area contributed by atoms with Crippen molar-refractivity contribution in [3.63, 3.8) is 0 Å². The number of imidazole rings is 1. The Labute approximate surface area is 122 Å². The molecule has 1 N–H and O–H groups in total. The van der Waals surface area contributed by atoms with E-state index in [9.17, 15) is 9.90 Å². The summed E-state index contributed by atoms with van der Waals surface area (Å²) in [5.41, 5.74) is 1.10. The SMILES string of the molecule is O=C(O)c1cccc2c1OCCN2CCCn1ccnc1. The fourth-order valence-electron chi connectivity index (χ4n) is 2.57. The largest absolute Gasteiger partial charge is 0.489 e. The number of carboxylic acid groups (broad SMARTS) is 1. The maximum Gasteiger partial charge on any atom is 0.339 e. The predicted octanol–water partition coefficient (Wildman–Crippen LogP) is 1.87. The molecule has 0 unspecified atom stereocenters. The Bertz CT molecular complexity index is 625. The number of carboxylic acids is 1. The molecule has 0 aliphatic carbocycles. The molecule has 1 aliphatic heterocycles. The van der Waals surface area contributed by atoms with Gasteiger partial charge in [0.1, 0.15) is 12.2 Å². The first-order valence-electron chi connectivity index (χ1n) is 6.95. The van der Waals surface area contributed by atoms with E-state index < -0.39 is 5.97 Å². The maximum atomic E-state index is 11.2. The fourth-order valence-corrected chi connectivity index (χ4v) is 2.57. The summed E-state index contributed by atoms with van der Waals surface area (Å²) >= 11 is 0. The minimum atomic E-state index is -0.952. The molecule has 0 radical (unpaired) electrons. The number of rotatable bonds is 5. The number of aryl methyl sites for hydroxylation is 1. The van der Waals surface area contributed by atoms with Gasteiger partial charge in [0.2, 0.25) is 0 Å². The van der Waals surface area contributed by atoms with Gasteiger partial charge in [0.15, 0.2) is 5.75 Å². The molecular formula is C15H17N3O3. The number of hydrogen-bond donors (Lipinski definition) is 1. The summed E-state index contributed by atoms with van der Waals surface area (Å²) in [4.78, 5) is 17.4. The Morgan fingerprint density at radius 3 is 3.05 bits per heavy atom. The van der Waals surface area contributed by atoms with Crippen molar-refractivity contribution in [2.75, 3.05) is 24.6 Å². The van der Waals surface area contributed by atoms with E-state index in [4.69, 9.17) is 4.74 Å². The monoisotopic (exact) mass is 287 g/mol. The van der Waals surface area contributed by atoms with E-state index >= 15 is 0 Å². The number of hydrogen-bond acceptors (Lipinski definition) is 4. The normalized spacial score (nSPS) is 13.6. The molecule has 2 aromatic rings. The van der Waals surface area contributed by atoms with Crippen LogP contribution in [-0.4, -0.2) is 40.3 Å². The molecule has 0 fully saturated rings. The standard InChI is InChI=1S/C15H17N3O3/c19-15(20)12-3-1-4-13-14(12)21-10-9-18(13)7-2-6-17-8-5-16-11-17/h1,3-5,8,11H,2,6-7,9-10H2,(H,19,20). The summed E-state index contributed by atoms with van der Waals surface area (Å²) in [6.07, 6.45) is 6.47. The molecule has 0 spiro atoms. The zero-order chi connectivity index (χ0) is 14.7. The lowest BCUT2D eigenvalue weighted by atomic mass is 10.1. The van der Waals surface area contributed by atoms with Crippen LogP contribution < -0.4 is 9.64 Å². The summed E-state index contributed by atoms with van der Waals surface area (Å²) in [7, 11) is 0. The van der Waals surface area contributed by atoms with Gasteiger partial charge in [0.05, 0.1) is 18.6 Å². The molecule has 0 saturated carbocycles. The van der Waals surface area contributed by atoms with Crippen molar-refractivity contribution in [2.24, 2.45) is 0 Å². The second-order valence-electron chi connectivity index (χ2n) is 4.95. The summed E-state index contributed by atoms with van der Waals surface area (Å²) in [5, 5.41) is 9.22. The van der Waals surface area contributed by atoms with Gasteiger partial charge in [0.25, 0.3) is 0 Å². The number of aromatic nitrogens is 2. The zero-order valence-electron chi connectivity index (χ0n) is 11.6. The van der Waals surface area contributed by atoms with Gasteiger partial charge < -0.3 is 19.3 Å². The Hall–Kier alpha value is -2.50. The first-order chi connectivity index (χ1) is 10.3. The highest BCUT2D eigenvalue weighted by Crippen LogP contribution is 2.34. The van der Waals surface area contributed by atoms with Crippen LogP contribution in [0.15, 0.2) is 36.9 Å². The molecule has 1 aromatic carbocycles. The van der Waals surface area contributed by atoms with E-state index in [1.807, 2.05) is 16.8 Å². The van der Waals surface area contributed by atoms with Gasteiger partial charge >= 0.3 is 5.97 Å². The molecule has 0 bridgehead atoms. The summed E-state index contributed by atoms with van der Waals surface area (Å²) < 4.78 is 7.60. The maximum absolute atomic E-state index is 11.2. The second kappa shape index (κ2) is 5.87. The van der Waals surface area contributed by atoms with Crippen molar-refractivity contribution in [2.45, 2.75) is 13.0 Å². The predicted molar refractivity (Wildman–Crippen MR) is 78.0 cm³/mol. The first kappa shape index (κ1) is 13.5. The Morgan fingerprint density at radius 1 is 1.38 bits per heavy atom. The smallest absolute Gasteiger partial charge is 0.339 e. The molecule has 6 nitrogen and oxygen atoms in total. The van der Waals surface area contributed by atoms with E-state index in [2.05, 4.69) is 9.88 Å². The number of fused-ring (bicyclic) bond motifs is 1. The van der Waals surface area contributed by atoms with Crippen LogP contribution in [0.5, 0.6) is 5.75 Å². The van der Waals surface area contributed by atoms with Crippen LogP contribution in [0.3, 0.4) is 0 Å². The van der Waals surface area contributed by atoms with Crippen molar-refractivity contribution < 1.29 is 14.6 Å². The molecule has 21 heavy (non-hydrogen) atoms. The summed E-state index contributed by atoms with van der Waals surface area (Å²) in [5.74, 6) is -0.467. The van der Waals surface area contributed by atoms with Crippen LogP contribution in [0.2, 0.25) is 0 Å². The number of anilines is 1. The van der Waals surface area contributed by atoms with Crippen LogP contribution in [0.1, 0.15) is 16.8 Å². The highest BCUT2D eigenvalue weighted by atomic mass is 16.5. The quantitative estimate of drug-likeness (QED) is 0.909. The van der Waals surface area contributed by atoms with Crippen molar-refractivity contribution in [3.8, 4) is 5.75 Å². The van der Waals surface area contributed by atoms with E-state index in [0.717, 1.165) is 31.7 Å². The van der Waals surface area contributed by atoms with Gasteiger partial charge in [-0.1, -0.05) is 6.07 Å². The average molecular weight is 287 g/mol. The molecule has 0 atom stereocenters. The molecule has 3 rings (SSSR count). The number of carbonyl (C=O) groups is 1. The second-order valence-corrected chi connectivity index (χ2v) is 4.95. The molecule has 6 heteroatoms. The highest BCUT2D eigenvalue weighted by molar-refractivity contribution is 5.93. The number of aromatic carboxylic acids is 1. The fraction of sp³-hybridized carbons (Fsp3) is 0.333. The van der Waals surface area contributed by atoms with Gasteiger partial charge in [-0.2, -0.15) is 0 Å². The third-order valence-corrected chi connectivity index (χ3v) is 3.58. The Morgan fingerprint density at radius 2 is 2.29 bits per heavy atom. The average Bonchev–Trinajstić information content (AvgIpc) is 3.00. The molecule has 0 amide bonds. The lowest BCUT2D eigenvalue weighted by Gasteiger charge is -2.32. The zero-order valence-corrected chi connectivity index (χ0v) is 11.6. The van der Waals surface area contributed by atoms with Gasteiger partial charge in [-0.05, 0) is 18.6 Å². The van der Waals surface area contributed by atoms with Crippen molar-refractivity contribution in [3.05, 3.63) is 42.5 Å². The van der Waals surface area contributed by atoms with Crippen molar-refractivity contribution in [1.82, 2.24) is 9.55 Å². The third kappa shape index (κ3) is 2.84. The minimum Gasteiger partial charge on any atom is -0.489 e. The van der Waals surface area contributed by atoms with Crippen LogP contribution in [0.25, 0.3) is 0 Å². The summed E-state index contributed by atoms with van der Waals surface area (Å²) in [6.45, 7) is 3.05. The van der Waals surface area contributed by atoms with Crippen molar-refractivity contribution in [1.29, 1.82) is 0 Å².